The first-order valence-corrected chi connectivity index (χ1v) is 7.98. The summed E-state index contributed by atoms with van der Waals surface area (Å²) in [5.41, 5.74) is 3.36. The lowest BCUT2D eigenvalue weighted by Crippen LogP contribution is -2.08. The monoisotopic (exact) mass is 400 g/mol. The van der Waals surface area contributed by atoms with E-state index < -0.39 is 0 Å². The molecule has 2 aromatic heterocycles. The predicted octanol–water partition coefficient (Wildman–Crippen LogP) is 3.36. The Bertz CT molecular complexity index is 747. The third-order valence-corrected chi connectivity index (χ3v) is 4.33. The second kappa shape index (κ2) is 5.73. The van der Waals surface area contributed by atoms with Gasteiger partial charge in [0.2, 0.25) is 0 Å². The van der Waals surface area contributed by atoms with Gasteiger partial charge in [0.1, 0.15) is 5.82 Å². The van der Waals surface area contributed by atoms with E-state index in [0.717, 1.165) is 29.8 Å². The fourth-order valence-corrected chi connectivity index (χ4v) is 3.06. The summed E-state index contributed by atoms with van der Waals surface area (Å²) in [5.74, 6) is 1.35. The van der Waals surface area contributed by atoms with Crippen LogP contribution in [0.5, 0.6) is 0 Å². The standard InChI is InChI=1S/C14H14ClIN4/c1-19-11(4-6-17-19)5-7-20-13-3-2-10(16)8-12(13)18-14(20)9-15/h2-4,6,8H,5,7,9H2,1H3. The SMILES string of the molecule is Cn1nccc1CCn1c(CCl)nc2cc(I)ccc21. The molecule has 0 fully saturated rings. The smallest absolute Gasteiger partial charge is 0.124 e. The molecule has 0 bridgehead atoms. The number of imidazole rings is 1. The second-order valence-electron chi connectivity index (χ2n) is 4.64. The molecule has 0 aliphatic rings. The highest BCUT2D eigenvalue weighted by Crippen LogP contribution is 2.20. The topological polar surface area (TPSA) is 35.6 Å². The number of hydrogen-bond donors (Lipinski definition) is 0. The van der Waals surface area contributed by atoms with Crippen molar-refractivity contribution in [3.05, 3.63) is 45.6 Å². The summed E-state index contributed by atoms with van der Waals surface area (Å²) in [5, 5.41) is 4.20. The first-order valence-electron chi connectivity index (χ1n) is 6.36. The Morgan fingerprint density at radius 3 is 2.85 bits per heavy atom. The minimum atomic E-state index is 0.427. The van der Waals surface area contributed by atoms with Crippen LogP contribution in [0, 0.1) is 3.57 Å². The molecule has 4 nitrogen and oxygen atoms in total. The van der Waals surface area contributed by atoms with E-state index >= 15 is 0 Å². The Hall–Kier alpha value is -1.08. The highest BCUT2D eigenvalue weighted by molar-refractivity contribution is 14.1. The molecule has 0 unspecified atom stereocenters. The molecule has 0 aliphatic carbocycles. The number of halogens is 2. The van der Waals surface area contributed by atoms with E-state index in [-0.39, 0.29) is 0 Å². The number of fused-ring (bicyclic) bond motifs is 1. The lowest BCUT2D eigenvalue weighted by molar-refractivity contribution is 0.634. The van der Waals surface area contributed by atoms with Crippen LogP contribution < -0.4 is 0 Å². The Kier molecular flexibility index (Phi) is 3.98. The molecule has 3 rings (SSSR count). The molecular weight excluding hydrogens is 387 g/mol. The molecule has 0 saturated carbocycles. The fraction of sp³-hybridized carbons (Fsp3) is 0.286. The van der Waals surface area contributed by atoms with Crippen LogP contribution in [-0.2, 0) is 25.9 Å². The number of benzene rings is 1. The van der Waals surface area contributed by atoms with E-state index in [9.17, 15) is 0 Å². The normalized spacial score (nSPS) is 11.3. The summed E-state index contributed by atoms with van der Waals surface area (Å²) in [7, 11) is 1.96. The molecule has 0 N–H and O–H groups in total. The van der Waals surface area contributed by atoms with Crippen LogP contribution in [-0.4, -0.2) is 19.3 Å². The zero-order chi connectivity index (χ0) is 14.1. The Labute approximate surface area is 135 Å². The maximum absolute atomic E-state index is 6.03. The lowest BCUT2D eigenvalue weighted by atomic mass is 10.3. The highest BCUT2D eigenvalue weighted by atomic mass is 127. The van der Waals surface area contributed by atoms with Gasteiger partial charge in [0.25, 0.3) is 0 Å². The summed E-state index contributed by atoms with van der Waals surface area (Å²) >= 11 is 8.33. The quantitative estimate of drug-likeness (QED) is 0.497. The molecule has 0 atom stereocenters. The molecule has 20 heavy (non-hydrogen) atoms. The van der Waals surface area contributed by atoms with E-state index in [1.807, 2.05) is 24.0 Å². The minimum absolute atomic E-state index is 0.427. The maximum atomic E-state index is 6.03. The first-order chi connectivity index (χ1) is 9.69. The van der Waals surface area contributed by atoms with Gasteiger partial charge in [0.05, 0.1) is 16.9 Å². The third-order valence-electron chi connectivity index (χ3n) is 3.42. The molecule has 104 valence electrons. The zero-order valence-corrected chi connectivity index (χ0v) is 14.0. The first kappa shape index (κ1) is 13.9. The Morgan fingerprint density at radius 2 is 2.15 bits per heavy atom. The van der Waals surface area contributed by atoms with Gasteiger partial charge < -0.3 is 4.57 Å². The molecule has 2 heterocycles. The van der Waals surface area contributed by atoms with Crippen molar-refractivity contribution in [1.82, 2.24) is 19.3 Å². The van der Waals surface area contributed by atoms with Gasteiger partial charge >= 0.3 is 0 Å². The van der Waals surface area contributed by atoms with Gasteiger partial charge in [-0.3, -0.25) is 4.68 Å². The molecule has 0 amide bonds. The van der Waals surface area contributed by atoms with Crippen molar-refractivity contribution in [2.45, 2.75) is 18.8 Å². The largest absolute Gasteiger partial charge is 0.327 e. The second-order valence-corrected chi connectivity index (χ2v) is 6.16. The van der Waals surface area contributed by atoms with Crippen LogP contribution >= 0.6 is 34.2 Å². The van der Waals surface area contributed by atoms with Gasteiger partial charge in [0.15, 0.2) is 0 Å². The number of aryl methyl sites for hydroxylation is 3. The number of nitrogens with zero attached hydrogens (tertiary/aromatic N) is 4. The number of rotatable bonds is 4. The number of aromatic nitrogens is 4. The highest BCUT2D eigenvalue weighted by Gasteiger charge is 2.11. The van der Waals surface area contributed by atoms with Crippen LogP contribution in [0.1, 0.15) is 11.5 Å². The molecular formula is C14H14ClIN4. The average Bonchev–Trinajstić information content (AvgIpc) is 2.99. The molecule has 3 aromatic rings. The van der Waals surface area contributed by atoms with Gasteiger partial charge in [-0.1, -0.05) is 0 Å². The molecule has 0 saturated heterocycles. The van der Waals surface area contributed by atoms with Crippen LogP contribution in [0.15, 0.2) is 30.5 Å². The molecule has 0 aliphatic heterocycles. The fourth-order valence-electron chi connectivity index (χ4n) is 2.38. The van der Waals surface area contributed by atoms with E-state index in [0.29, 0.717) is 5.88 Å². The van der Waals surface area contributed by atoms with Crippen molar-refractivity contribution < 1.29 is 0 Å². The van der Waals surface area contributed by atoms with E-state index in [1.54, 1.807) is 0 Å². The third kappa shape index (κ3) is 2.56. The van der Waals surface area contributed by atoms with Crippen molar-refractivity contribution in [2.24, 2.45) is 7.05 Å². The van der Waals surface area contributed by atoms with Crippen molar-refractivity contribution >= 4 is 45.2 Å². The summed E-state index contributed by atoms with van der Waals surface area (Å²) in [6.45, 7) is 0.860. The van der Waals surface area contributed by atoms with Crippen molar-refractivity contribution in [2.75, 3.05) is 0 Å². The van der Waals surface area contributed by atoms with Gasteiger partial charge in [-0.2, -0.15) is 5.10 Å². The van der Waals surface area contributed by atoms with Crippen LogP contribution in [0.4, 0.5) is 0 Å². The zero-order valence-electron chi connectivity index (χ0n) is 11.1. The van der Waals surface area contributed by atoms with E-state index in [1.165, 1.54) is 9.26 Å². The van der Waals surface area contributed by atoms with E-state index in [4.69, 9.17) is 11.6 Å². The van der Waals surface area contributed by atoms with Gasteiger partial charge in [-0.05, 0) is 46.9 Å². The van der Waals surface area contributed by atoms with Gasteiger partial charge in [-0.15, -0.1) is 11.6 Å². The van der Waals surface area contributed by atoms with Crippen molar-refractivity contribution in [3.63, 3.8) is 0 Å². The van der Waals surface area contributed by atoms with Crippen molar-refractivity contribution in [1.29, 1.82) is 0 Å². The van der Waals surface area contributed by atoms with Gasteiger partial charge in [-0.25, -0.2) is 4.98 Å². The molecule has 0 spiro atoms. The molecule has 6 heteroatoms. The summed E-state index contributed by atoms with van der Waals surface area (Å²) in [4.78, 5) is 4.62. The lowest BCUT2D eigenvalue weighted by Gasteiger charge is -2.08. The Morgan fingerprint density at radius 1 is 1.30 bits per heavy atom. The molecule has 1 aromatic carbocycles. The summed E-state index contributed by atoms with van der Waals surface area (Å²) in [6, 6.07) is 8.35. The molecule has 0 radical (unpaired) electrons. The van der Waals surface area contributed by atoms with E-state index in [2.05, 4.69) is 55.4 Å². The van der Waals surface area contributed by atoms with Crippen LogP contribution in [0.3, 0.4) is 0 Å². The minimum Gasteiger partial charge on any atom is -0.327 e. The van der Waals surface area contributed by atoms with Gasteiger partial charge in [0, 0.05) is 35.5 Å². The van der Waals surface area contributed by atoms with Crippen molar-refractivity contribution in [3.8, 4) is 0 Å². The summed E-state index contributed by atoms with van der Waals surface area (Å²) < 4.78 is 5.29. The Balaban J connectivity index is 1.95. The predicted molar refractivity (Wildman–Crippen MR) is 88.9 cm³/mol. The maximum Gasteiger partial charge on any atom is 0.124 e. The number of alkyl halides is 1. The number of hydrogen-bond acceptors (Lipinski definition) is 2. The van der Waals surface area contributed by atoms with Crippen LogP contribution in [0.2, 0.25) is 0 Å². The average molecular weight is 401 g/mol. The summed E-state index contributed by atoms with van der Waals surface area (Å²) in [6.07, 6.45) is 2.74. The van der Waals surface area contributed by atoms with Crippen LogP contribution in [0.25, 0.3) is 11.0 Å².